The highest BCUT2D eigenvalue weighted by molar-refractivity contribution is 5.77. The Hall–Kier alpha value is -3.90. The summed E-state index contributed by atoms with van der Waals surface area (Å²) in [5.74, 6) is -0.0252. The number of hydrogen-bond donors (Lipinski definition) is 5. The lowest BCUT2D eigenvalue weighted by Crippen LogP contribution is -2.40. The number of rotatable bonds is 0. The molecule has 0 atom stereocenters. The van der Waals surface area contributed by atoms with E-state index in [4.69, 9.17) is 5.73 Å². The molecule has 0 unspecified atom stereocenters. The smallest absolute Gasteiger partial charge is 0.369 e. The number of carbonyl (C=O) groups is 1. The summed E-state index contributed by atoms with van der Waals surface area (Å²) in [7, 11) is 0. The summed E-state index contributed by atoms with van der Waals surface area (Å²) in [6.45, 7) is 0. The van der Waals surface area contributed by atoms with Crippen molar-refractivity contribution in [1.82, 2.24) is 29.9 Å². The number of nitrogens with zero attached hydrogens (tertiary/aromatic N) is 4. The summed E-state index contributed by atoms with van der Waals surface area (Å²) in [6.07, 6.45) is 1.18. The van der Waals surface area contributed by atoms with Crippen LogP contribution in [0.5, 0.6) is 0 Å². The summed E-state index contributed by atoms with van der Waals surface area (Å²) in [5, 5.41) is -0.00231. The zero-order valence-corrected chi connectivity index (χ0v) is 11.1. The third-order valence-corrected chi connectivity index (χ3v) is 2.63. The van der Waals surface area contributed by atoms with Gasteiger partial charge in [-0.3, -0.25) is 24.5 Å². The molecule has 3 aromatic heterocycles. The van der Waals surface area contributed by atoms with E-state index in [1.165, 1.54) is 6.33 Å². The highest BCUT2D eigenvalue weighted by atomic mass is 16.2. The third-order valence-electron chi connectivity index (χ3n) is 2.63. The van der Waals surface area contributed by atoms with E-state index in [9.17, 15) is 19.2 Å². The Morgan fingerprint density at radius 2 is 1.74 bits per heavy atom. The second-order valence-corrected chi connectivity index (χ2v) is 4.16. The number of nitrogens with two attached hydrogens (primary N) is 1. The van der Waals surface area contributed by atoms with Crippen molar-refractivity contribution < 1.29 is 4.79 Å². The van der Waals surface area contributed by atoms with Gasteiger partial charge in [0.15, 0.2) is 22.0 Å². The van der Waals surface area contributed by atoms with E-state index in [-0.39, 0.29) is 28.0 Å². The average molecular weight is 317 g/mol. The topological polar surface area (TPSA) is 208 Å². The molecule has 1 aliphatic heterocycles. The van der Waals surface area contributed by atoms with Gasteiger partial charge in [-0.1, -0.05) is 0 Å². The van der Waals surface area contributed by atoms with Crippen LogP contribution in [-0.2, 0) is 0 Å². The molecule has 0 bridgehead atoms. The Labute approximate surface area is 123 Å². The first-order valence-corrected chi connectivity index (χ1v) is 5.97. The molecule has 3 aromatic rings. The monoisotopic (exact) mass is 317 g/mol. The summed E-state index contributed by atoms with van der Waals surface area (Å²) in [6, 6.07) is -0.677. The molecule has 13 heteroatoms. The van der Waals surface area contributed by atoms with E-state index in [0.717, 1.165) is 0 Å². The van der Waals surface area contributed by atoms with Crippen molar-refractivity contribution >= 4 is 23.1 Å². The predicted molar refractivity (Wildman–Crippen MR) is 74.3 cm³/mol. The minimum Gasteiger partial charge on any atom is -0.369 e. The standard InChI is InChI=1S/C5H5N5O2.C5H2N4O2/c6-4-8-2-1(3(11)10-4)7-5(12)9-2;10-4-2-3(6-1-7-4)9-5(11)8-2/h(H5,6,7,8,9,10,11,12);1H,(H,6,7,9,10,11). The van der Waals surface area contributed by atoms with Crippen LogP contribution in [0.15, 0.2) is 30.7 Å². The number of imidazole rings is 1. The number of aromatic amines is 4. The van der Waals surface area contributed by atoms with Crippen LogP contribution < -0.4 is 33.4 Å². The van der Waals surface area contributed by atoms with Gasteiger partial charge in [-0.2, -0.15) is 15.0 Å². The fourth-order valence-corrected chi connectivity index (χ4v) is 1.73. The summed E-state index contributed by atoms with van der Waals surface area (Å²) >= 11 is 0. The van der Waals surface area contributed by atoms with Crippen molar-refractivity contribution in [3.05, 3.63) is 48.4 Å². The van der Waals surface area contributed by atoms with Crippen LogP contribution in [0.3, 0.4) is 0 Å². The maximum absolute atomic E-state index is 11.0. The fraction of sp³-hybridized carbons (Fsp3) is 0. The quantitative estimate of drug-likeness (QED) is 0.284. The van der Waals surface area contributed by atoms with Crippen molar-refractivity contribution in [2.75, 3.05) is 5.73 Å². The summed E-state index contributed by atoms with van der Waals surface area (Å²) in [4.78, 5) is 66.3. The predicted octanol–water partition coefficient (Wildman–Crippen LogP) is -3.34. The highest BCUT2D eigenvalue weighted by Crippen LogP contribution is 1.96. The van der Waals surface area contributed by atoms with E-state index in [1.807, 2.05) is 0 Å². The van der Waals surface area contributed by atoms with E-state index in [1.54, 1.807) is 0 Å². The highest BCUT2D eigenvalue weighted by Gasteiger charge is 2.07. The van der Waals surface area contributed by atoms with Crippen LogP contribution in [0.4, 0.5) is 10.7 Å². The van der Waals surface area contributed by atoms with E-state index < -0.39 is 22.8 Å². The third kappa shape index (κ3) is 2.65. The fourth-order valence-electron chi connectivity index (χ4n) is 1.73. The second-order valence-electron chi connectivity index (χ2n) is 4.16. The van der Waals surface area contributed by atoms with E-state index in [0.29, 0.717) is 0 Å². The van der Waals surface area contributed by atoms with Crippen LogP contribution in [0, 0.1) is 0 Å². The number of anilines is 1. The van der Waals surface area contributed by atoms with Gasteiger partial charge in [-0.05, 0) is 0 Å². The van der Waals surface area contributed by atoms with Gasteiger partial charge in [0.25, 0.3) is 11.1 Å². The van der Waals surface area contributed by atoms with Gasteiger partial charge in [-0.15, -0.1) is 0 Å². The SMILES string of the molecule is Nc1nc2[nH]c(=O)[nH]c2c(=O)[nH]1.O=C1N=c2nc[nH]c(=O)c2=N1. The van der Waals surface area contributed by atoms with Crippen molar-refractivity contribution in [3.63, 3.8) is 0 Å². The van der Waals surface area contributed by atoms with Gasteiger partial charge in [-0.25, -0.2) is 14.6 Å². The molecule has 23 heavy (non-hydrogen) atoms. The van der Waals surface area contributed by atoms with Crippen LogP contribution in [0.1, 0.15) is 0 Å². The number of hydrogen-bond acceptors (Lipinski definition) is 7. The Morgan fingerprint density at radius 3 is 2.48 bits per heavy atom. The van der Waals surface area contributed by atoms with Gasteiger partial charge in [0.2, 0.25) is 5.95 Å². The van der Waals surface area contributed by atoms with Crippen molar-refractivity contribution in [1.29, 1.82) is 0 Å². The van der Waals surface area contributed by atoms with Crippen LogP contribution in [-0.4, -0.2) is 35.9 Å². The average Bonchev–Trinajstić information content (AvgIpc) is 3.02. The van der Waals surface area contributed by atoms with Crippen molar-refractivity contribution in [3.8, 4) is 0 Å². The number of H-pyrrole nitrogens is 4. The largest absolute Gasteiger partial charge is 0.370 e. The normalized spacial score (nSPS) is 12.1. The van der Waals surface area contributed by atoms with Crippen LogP contribution >= 0.6 is 0 Å². The minimum atomic E-state index is -0.677. The molecule has 0 fully saturated rings. The number of urea groups is 1. The lowest BCUT2D eigenvalue weighted by molar-refractivity contribution is 0.256. The Kier molecular flexibility index (Phi) is 3.14. The summed E-state index contributed by atoms with van der Waals surface area (Å²) < 4.78 is 0. The van der Waals surface area contributed by atoms with Gasteiger partial charge in [0.1, 0.15) is 0 Å². The van der Waals surface area contributed by atoms with Crippen LogP contribution in [0.25, 0.3) is 11.2 Å². The molecular formula is C10H7N9O4. The molecule has 0 saturated heterocycles. The Bertz CT molecular complexity index is 1210. The molecule has 6 N–H and O–H groups in total. The van der Waals surface area contributed by atoms with Gasteiger partial charge in [0.05, 0.1) is 6.33 Å². The molecule has 13 nitrogen and oxygen atoms in total. The van der Waals surface area contributed by atoms with Gasteiger partial charge >= 0.3 is 11.7 Å². The molecule has 116 valence electrons. The first kappa shape index (κ1) is 14.1. The number of nitrogen functional groups attached to an aromatic ring is 1. The molecule has 0 saturated carbocycles. The molecule has 0 spiro atoms. The summed E-state index contributed by atoms with van der Waals surface area (Å²) in [5.41, 5.74) is 4.22. The van der Waals surface area contributed by atoms with Crippen LogP contribution in [0.2, 0.25) is 0 Å². The van der Waals surface area contributed by atoms with Gasteiger partial charge < -0.3 is 10.7 Å². The Balaban J connectivity index is 0.000000136. The molecule has 4 heterocycles. The number of fused-ring (bicyclic) bond motifs is 2. The van der Waals surface area contributed by atoms with E-state index in [2.05, 4.69) is 39.9 Å². The number of nitrogens with one attached hydrogen (secondary N) is 4. The molecule has 4 rings (SSSR count). The zero-order valence-electron chi connectivity index (χ0n) is 11.1. The number of amides is 2. The first-order chi connectivity index (χ1) is 10.9. The maximum Gasteiger partial charge on any atom is 0.370 e. The molecule has 2 amide bonds. The molecule has 0 aromatic carbocycles. The van der Waals surface area contributed by atoms with Gasteiger partial charge in [0, 0.05) is 0 Å². The maximum atomic E-state index is 11.0. The molecule has 1 aliphatic rings. The zero-order chi connectivity index (χ0) is 16.6. The minimum absolute atomic E-state index is 0.00231. The lowest BCUT2D eigenvalue weighted by Gasteiger charge is -1.89. The van der Waals surface area contributed by atoms with Crippen molar-refractivity contribution in [2.45, 2.75) is 0 Å². The van der Waals surface area contributed by atoms with Crippen molar-refractivity contribution in [2.24, 2.45) is 9.98 Å². The molecular weight excluding hydrogens is 310 g/mol. The molecule has 0 radical (unpaired) electrons. The number of carbonyl (C=O) groups excluding carboxylic acids is 1. The second kappa shape index (κ2) is 5.14. The lowest BCUT2D eigenvalue weighted by atomic mass is 10.5. The Morgan fingerprint density at radius 1 is 0.957 bits per heavy atom. The van der Waals surface area contributed by atoms with E-state index >= 15 is 0 Å². The number of aromatic nitrogens is 6. The molecule has 0 aliphatic carbocycles. The first-order valence-electron chi connectivity index (χ1n) is 5.97.